The highest BCUT2D eigenvalue weighted by Gasteiger charge is 2.40. The summed E-state index contributed by atoms with van der Waals surface area (Å²) in [6.45, 7) is 2.32. The zero-order valence-electron chi connectivity index (χ0n) is 33.5. The highest BCUT2D eigenvalue weighted by Crippen LogP contribution is 2.51. The van der Waals surface area contributed by atoms with E-state index in [1.807, 2.05) is 11.3 Å². The normalized spacial score (nSPS) is 13.8. The van der Waals surface area contributed by atoms with Crippen LogP contribution in [0.15, 0.2) is 218 Å². The van der Waals surface area contributed by atoms with Crippen molar-refractivity contribution in [2.45, 2.75) is 18.8 Å². The van der Waals surface area contributed by atoms with Crippen molar-refractivity contribution in [1.29, 1.82) is 0 Å². The second kappa shape index (κ2) is 15.0. The van der Waals surface area contributed by atoms with Gasteiger partial charge in [-0.3, -0.25) is 0 Å². The first-order valence-electron chi connectivity index (χ1n) is 21.0. The molecular formula is C58H43NS. The molecule has 0 amide bonds. The summed E-state index contributed by atoms with van der Waals surface area (Å²) in [5, 5.41) is 5.22. The number of hydrogen-bond acceptors (Lipinski definition) is 2. The van der Waals surface area contributed by atoms with E-state index in [1.165, 1.54) is 75.5 Å². The van der Waals surface area contributed by atoms with Crippen molar-refractivity contribution in [3.05, 3.63) is 252 Å². The predicted molar refractivity (Wildman–Crippen MR) is 257 cm³/mol. The molecule has 0 fully saturated rings. The molecular weight excluding hydrogens is 743 g/mol. The van der Waals surface area contributed by atoms with Crippen LogP contribution in [0, 0.1) is 5.92 Å². The van der Waals surface area contributed by atoms with E-state index in [0.29, 0.717) is 5.92 Å². The Morgan fingerprint density at radius 3 is 1.75 bits per heavy atom. The second-order valence-electron chi connectivity index (χ2n) is 16.1. The molecule has 286 valence electrons. The van der Waals surface area contributed by atoms with Gasteiger partial charge in [0.15, 0.2) is 0 Å². The summed E-state index contributed by atoms with van der Waals surface area (Å²) in [5.74, 6) is 0.508. The molecule has 1 unspecified atom stereocenters. The number of nitrogens with zero attached hydrogens (tertiary/aromatic N) is 1. The lowest BCUT2D eigenvalue weighted by atomic mass is 9.65. The van der Waals surface area contributed by atoms with E-state index in [-0.39, 0.29) is 0 Å². The van der Waals surface area contributed by atoms with Crippen LogP contribution in [0.4, 0.5) is 17.1 Å². The molecule has 2 heteroatoms. The van der Waals surface area contributed by atoms with Crippen LogP contribution >= 0.6 is 11.3 Å². The molecule has 0 spiro atoms. The standard InChI is InChI=1S/C58H43NS/c1-40-28-37-50-49-23-12-11-16-42(49)39-53(54(50)38-40)41-29-33-47(34-30-41)59(46-21-9-4-10-22-46)48-35-31-45(32-36-48)58(43-17-5-2-6-18-43,44-19-7-3-8-20-44)55-26-15-25-52-51-24-13-14-27-56(51)60-57(52)55/h2-37,39-40H,38H2,1H3. The topological polar surface area (TPSA) is 3.24 Å². The third kappa shape index (κ3) is 5.98. The van der Waals surface area contributed by atoms with Crippen molar-refractivity contribution >= 4 is 65.4 Å². The maximum absolute atomic E-state index is 2.40. The lowest BCUT2D eigenvalue weighted by Crippen LogP contribution is -2.31. The average Bonchev–Trinajstić information content (AvgIpc) is 3.70. The van der Waals surface area contributed by atoms with E-state index in [9.17, 15) is 0 Å². The van der Waals surface area contributed by atoms with Crippen molar-refractivity contribution in [3.63, 3.8) is 0 Å². The van der Waals surface area contributed by atoms with Crippen LogP contribution in [0.3, 0.4) is 0 Å². The summed E-state index contributed by atoms with van der Waals surface area (Å²) in [4.78, 5) is 2.38. The van der Waals surface area contributed by atoms with Crippen LogP contribution in [-0.4, -0.2) is 0 Å². The molecule has 0 radical (unpaired) electrons. The van der Waals surface area contributed by atoms with Gasteiger partial charge in [-0.05, 0) is 116 Å². The zero-order chi connectivity index (χ0) is 40.0. The SMILES string of the molecule is CC1C=Cc2c(c(-c3ccc(N(c4ccccc4)c4ccc(C(c5ccccc5)(c5ccccc5)c5cccc6c5sc5ccccc56)cc4)cc3)cc3ccccc23)C1. The van der Waals surface area contributed by atoms with Crippen molar-refractivity contribution in [2.75, 3.05) is 4.90 Å². The van der Waals surface area contributed by atoms with Crippen LogP contribution in [0.1, 0.15) is 40.3 Å². The van der Waals surface area contributed by atoms with Crippen molar-refractivity contribution in [3.8, 4) is 11.1 Å². The Balaban J connectivity index is 1.07. The zero-order valence-corrected chi connectivity index (χ0v) is 34.3. The molecule has 0 saturated heterocycles. The van der Waals surface area contributed by atoms with Gasteiger partial charge in [-0.25, -0.2) is 0 Å². The van der Waals surface area contributed by atoms with Crippen LogP contribution in [0.5, 0.6) is 0 Å². The third-order valence-corrected chi connectivity index (χ3v) is 13.8. The minimum Gasteiger partial charge on any atom is -0.311 e. The van der Waals surface area contributed by atoms with Gasteiger partial charge in [0.2, 0.25) is 0 Å². The smallest absolute Gasteiger partial charge is 0.0715 e. The van der Waals surface area contributed by atoms with Gasteiger partial charge >= 0.3 is 0 Å². The van der Waals surface area contributed by atoms with Gasteiger partial charge in [0.05, 0.1) is 5.41 Å². The van der Waals surface area contributed by atoms with E-state index in [1.54, 1.807) is 0 Å². The summed E-state index contributed by atoms with van der Waals surface area (Å²) in [6.07, 6.45) is 5.75. The second-order valence-corrected chi connectivity index (χ2v) is 17.2. The van der Waals surface area contributed by atoms with E-state index in [0.717, 1.165) is 23.5 Å². The molecule has 9 aromatic carbocycles. The maximum atomic E-state index is 2.40. The first-order chi connectivity index (χ1) is 29.7. The Bertz CT molecular complexity index is 3120. The summed E-state index contributed by atoms with van der Waals surface area (Å²) in [7, 11) is 0. The Morgan fingerprint density at radius 2 is 1.05 bits per heavy atom. The molecule has 1 heterocycles. The number of allylic oxidation sites excluding steroid dienone is 1. The molecule has 1 nitrogen and oxygen atoms in total. The molecule has 0 aliphatic heterocycles. The lowest BCUT2D eigenvalue weighted by Gasteiger charge is -2.37. The third-order valence-electron chi connectivity index (χ3n) is 12.5. The van der Waals surface area contributed by atoms with E-state index in [4.69, 9.17) is 0 Å². The first-order valence-corrected chi connectivity index (χ1v) is 21.8. The van der Waals surface area contributed by atoms with E-state index in [2.05, 4.69) is 236 Å². The van der Waals surface area contributed by atoms with Gasteiger partial charge in [0.1, 0.15) is 0 Å². The molecule has 1 aliphatic carbocycles. The molecule has 11 rings (SSSR count). The quantitative estimate of drug-likeness (QED) is 0.139. The highest BCUT2D eigenvalue weighted by atomic mass is 32.1. The predicted octanol–water partition coefficient (Wildman–Crippen LogP) is 15.9. The van der Waals surface area contributed by atoms with Gasteiger partial charge in [-0.2, -0.15) is 0 Å². The molecule has 0 bridgehead atoms. The number of rotatable bonds is 8. The van der Waals surface area contributed by atoms with Crippen molar-refractivity contribution in [2.24, 2.45) is 5.92 Å². The van der Waals surface area contributed by atoms with Gasteiger partial charge in [0.25, 0.3) is 0 Å². The summed E-state index contributed by atoms with van der Waals surface area (Å²) >= 11 is 1.90. The fourth-order valence-corrected chi connectivity index (χ4v) is 11.1. The number of benzene rings is 9. The minimum atomic E-state index is -0.577. The number of hydrogen-bond donors (Lipinski definition) is 0. The van der Waals surface area contributed by atoms with Crippen LogP contribution < -0.4 is 4.90 Å². The van der Waals surface area contributed by atoms with Gasteiger partial charge in [0, 0.05) is 37.2 Å². The maximum Gasteiger partial charge on any atom is 0.0715 e. The lowest BCUT2D eigenvalue weighted by molar-refractivity contribution is 0.719. The molecule has 1 aliphatic rings. The number of anilines is 3. The van der Waals surface area contributed by atoms with Gasteiger partial charge < -0.3 is 4.90 Å². The first kappa shape index (κ1) is 36.1. The monoisotopic (exact) mass is 785 g/mol. The Labute approximate surface area is 356 Å². The molecule has 0 N–H and O–H groups in total. The summed E-state index contributed by atoms with van der Waals surface area (Å²) in [6, 6.07) is 78.4. The Hall–Kier alpha value is -7.00. The minimum absolute atomic E-state index is 0.508. The number of para-hydroxylation sites is 1. The summed E-state index contributed by atoms with van der Waals surface area (Å²) < 4.78 is 2.63. The van der Waals surface area contributed by atoms with Crippen LogP contribution in [0.2, 0.25) is 0 Å². The van der Waals surface area contributed by atoms with Crippen molar-refractivity contribution < 1.29 is 0 Å². The van der Waals surface area contributed by atoms with Gasteiger partial charge in [-0.1, -0.05) is 183 Å². The van der Waals surface area contributed by atoms with E-state index >= 15 is 0 Å². The Kier molecular flexibility index (Phi) is 9.02. The largest absolute Gasteiger partial charge is 0.311 e. The molecule has 1 aromatic heterocycles. The molecule has 0 saturated carbocycles. The fourth-order valence-electron chi connectivity index (χ4n) is 9.80. The molecule has 60 heavy (non-hydrogen) atoms. The number of thiophene rings is 1. The van der Waals surface area contributed by atoms with Crippen LogP contribution in [0.25, 0.3) is 48.1 Å². The fraction of sp³-hybridized carbons (Fsp3) is 0.0690. The Morgan fingerprint density at radius 1 is 0.500 bits per heavy atom. The van der Waals surface area contributed by atoms with Crippen molar-refractivity contribution in [1.82, 2.24) is 0 Å². The molecule has 10 aromatic rings. The van der Waals surface area contributed by atoms with Crippen LogP contribution in [-0.2, 0) is 11.8 Å². The highest BCUT2D eigenvalue weighted by molar-refractivity contribution is 7.26. The average molecular weight is 786 g/mol. The molecule has 1 atom stereocenters. The van der Waals surface area contributed by atoms with Gasteiger partial charge in [-0.15, -0.1) is 11.3 Å². The summed E-state index contributed by atoms with van der Waals surface area (Å²) in [5.41, 5.74) is 13.1. The van der Waals surface area contributed by atoms with E-state index < -0.39 is 5.41 Å². The number of fused-ring (bicyclic) bond motifs is 6.